The molecule has 1 fully saturated rings. The maximum absolute atomic E-state index is 12.8. The second-order valence-electron chi connectivity index (χ2n) is 8.57. The third-order valence-corrected chi connectivity index (χ3v) is 5.95. The number of nitrogens with one attached hydrogen (secondary N) is 2. The minimum absolute atomic E-state index is 0.0553. The van der Waals surface area contributed by atoms with E-state index in [0.717, 1.165) is 66.6 Å². The number of pyridine rings is 1. The minimum Gasteiger partial charge on any atom is -0.376 e. The van der Waals surface area contributed by atoms with Crippen molar-refractivity contribution in [3.63, 3.8) is 0 Å². The standard InChI is InChI=1S/C23H34N4O2S/c1-16-11-17(2)20-13-18(22(28)25-21(20)12-16)14-27(15-19-7-5-10-29-19)23(30)24-8-6-9-26(3)4/h11-13,19H,5-10,14-15H2,1-4H3,(H,24,30)(H,25,28)/t19-/m1/s1. The first-order valence-electron chi connectivity index (χ1n) is 10.8. The van der Waals surface area contributed by atoms with E-state index in [2.05, 4.69) is 47.2 Å². The van der Waals surface area contributed by atoms with Crippen LogP contribution in [0.4, 0.5) is 0 Å². The van der Waals surface area contributed by atoms with Gasteiger partial charge in [0.05, 0.1) is 12.6 Å². The van der Waals surface area contributed by atoms with Gasteiger partial charge in [0, 0.05) is 36.2 Å². The molecule has 1 aliphatic heterocycles. The lowest BCUT2D eigenvalue weighted by atomic mass is 10.0. The molecule has 6 nitrogen and oxygen atoms in total. The van der Waals surface area contributed by atoms with Crippen molar-refractivity contribution in [1.29, 1.82) is 0 Å². The van der Waals surface area contributed by atoms with E-state index in [0.29, 0.717) is 18.2 Å². The molecule has 0 amide bonds. The molecule has 2 N–H and O–H groups in total. The van der Waals surface area contributed by atoms with Gasteiger partial charge in [-0.3, -0.25) is 4.79 Å². The second kappa shape index (κ2) is 10.4. The Morgan fingerprint density at radius 3 is 2.80 bits per heavy atom. The largest absolute Gasteiger partial charge is 0.376 e. The summed E-state index contributed by atoms with van der Waals surface area (Å²) in [5.74, 6) is 0. The summed E-state index contributed by atoms with van der Waals surface area (Å²) in [5, 5.41) is 5.14. The summed E-state index contributed by atoms with van der Waals surface area (Å²) in [4.78, 5) is 20.1. The van der Waals surface area contributed by atoms with E-state index >= 15 is 0 Å². The van der Waals surface area contributed by atoms with Crippen LogP contribution in [0.1, 0.15) is 36.0 Å². The number of rotatable bonds is 8. The molecule has 2 heterocycles. The average molecular weight is 431 g/mol. The summed E-state index contributed by atoms with van der Waals surface area (Å²) < 4.78 is 5.84. The summed E-state index contributed by atoms with van der Waals surface area (Å²) in [5.41, 5.74) is 3.87. The highest BCUT2D eigenvalue weighted by atomic mass is 32.1. The number of fused-ring (bicyclic) bond motifs is 1. The van der Waals surface area contributed by atoms with Crippen LogP contribution in [-0.4, -0.2) is 66.3 Å². The molecule has 30 heavy (non-hydrogen) atoms. The van der Waals surface area contributed by atoms with Gasteiger partial charge in [-0.25, -0.2) is 0 Å². The van der Waals surface area contributed by atoms with E-state index in [9.17, 15) is 4.79 Å². The van der Waals surface area contributed by atoms with Crippen molar-refractivity contribution >= 4 is 28.2 Å². The fourth-order valence-electron chi connectivity index (χ4n) is 4.00. The highest BCUT2D eigenvalue weighted by Crippen LogP contribution is 2.20. The van der Waals surface area contributed by atoms with E-state index in [-0.39, 0.29) is 11.7 Å². The predicted molar refractivity (Wildman–Crippen MR) is 127 cm³/mol. The molecule has 0 saturated carbocycles. The number of hydrogen-bond acceptors (Lipinski definition) is 4. The molecular weight excluding hydrogens is 396 g/mol. The number of nitrogens with zero attached hydrogens (tertiary/aromatic N) is 2. The van der Waals surface area contributed by atoms with Crippen LogP contribution in [0, 0.1) is 13.8 Å². The summed E-state index contributed by atoms with van der Waals surface area (Å²) >= 11 is 5.70. The number of aryl methyl sites for hydroxylation is 2. The molecule has 0 spiro atoms. The van der Waals surface area contributed by atoms with Crippen molar-refractivity contribution in [3.05, 3.63) is 45.2 Å². The molecule has 7 heteroatoms. The van der Waals surface area contributed by atoms with Crippen molar-refractivity contribution in [3.8, 4) is 0 Å². The van der Waals surface area contributed by atoms with Crippen molar-refractivity contribution in [2.45, 2.75) is 45.8 Å². The average Bonchev–Trinajstić information content (AvgIpc) is 3.18. The fourth-order valence-corrected chi connectivity index (χ4v) is 4.24. The molecule has 3 rings (SSSR count). The van der Waals surface area contributed by atoms with Crippen molar-refractivity contribution < 1.29 is 4.74 Å². The number of hydrogen-bond donors (Lipinski definition) is 2. The zero-order chi connectivity index (χ0) is 21.7. The van der Waals surface area contributed by atoms with Gasteiger partial charge < -0.3 is 24.8 Å². The molecule has 0 radical (unpaired) electrons. The summed E-state index contributed by atoms with van der Waals surface area (Å²) in [6, 6.07) is 6.18. The Kier molecular flexibility index (Phi) is 7.86. The minimum atomic E-state index is -0.0553. The molecule has 0 aliphatic carbocycles. The zero-order valence-electron chi connectivity index (χ0n) is 18.6. The molecule has 1 atom stereocenters. The van der Waals surface area contributed by atoms with Gasteiger partial charge in [0.2, 0.25) is 0 Å². The molecule has 1 aromatic carbocycles. The molecule has 0 unspecified atom stereocenters. The first-order valence-corrected chi connectivity index (χ1v) is 11.2. The van der Waals surface area contributed by atoms with Gasteiger partial charge in [-0.15, -0.1) is 0 Å². The quantitative estimate of drug-likeness (QED) is 0.496. The van der Waals surface area contributed by atoms with Gasteiger partial charge in [0.15, 0.2) is 5.11 Å². The van der Waals surface area contributed by atoms with Crippen LogP contribution < -0.4 is 10.9 Å². The third-order valence-electron chi connectivity index (χ3n) is 5.54. The van der Waals surface area contributed by atoms with Gasteiger partial charge in [0.1, 0.15) is 0 Å². The number of H-pyrrole nitrogens is 1. The first-order chi connectivity index (χ1) is 14.3. The first kappa shape index (κ1) is 22.7. The van der Waals surface area contributed by atoms with E-state index in [1.165, 1.54) is 0 Å². The SMILES string of the molecule is Cc1cc(C)c2cc(CN(C[C@H]3CCCO3)C(=S)NCCCN(C)C)c(=O)[nH]c2c1. The Morgan fingerprint density at radius 1 is 1.30 bits per heavy atom. The lowest BCUT2D eigenvalue weighted by molar-refractivity contribution is 0.0897. The molecule has 164 valence electrons. The maximum atomic E-state index is 12.8. The van der Waals surface area contributed by atoms with Gasteiger partial charge in [-0.2, -0.15) is 0 Å². The summed E-state index contributed by atoms with van der Waals surface area (Å²) in [6.45, 7) is 7.91. The number of aromatic amines is 1. The van der Waals surface area contributed by atoms with Crippen LogP contribution >= 0.6 is 12.2 Å². The highest BCUT2D eigenvalue weighted by molar-refractivity contribution is 7.80. The normalized spacial score (nSPS) is 16.4. The maximum Gasteiger partial charge on any atom is 0.253 e. The van der Waals surface area contributed by atoms with Gasteiger partial charge in [0.25, 0.3) is 5.56 Å². The van der Waals surface area contributed by atoms with Gasteiger partial charge in [-0.1, -0.05) is 6.07 Å². The fraction of sp³-hybridized carbons (Fsp3) is 0.565. The van der Waals surface area contributed by atoms with Crippen LogP contribution in [0.25, 0.3) is 10.9 Å². The summed E-state index contributed by atoms with van der Waals surface area (Å²) in [6.07, 6.45) is 3.29. The molecular formula is C23H34N4O2S. The van der Waals surface area contributed by atoms with Crippen LogP contribution in [0.15, 0.2) is 23.0 Å². The Morgan fingerprint density at radius 2 is 2.10 bits per heavy atom. The van der Waals surface area contributed by atoms with E-state index < -0.39 is 0 Å². The highest BCUT2D eigenvalue weighted by Gasteiger charge is 2.22. The number of ether oxygens (including phenoxy) is 1. The predicted octanol–water partition coefficient (Wildman–Crippen LogP) is 2.95. The monoisotopic (exact) mass is 430 g/mol. The van der Waals surface area contributed by atoms with Crippen molar-refractivity contribution in [2.75, 3.05) is 40.3 Å². The molecule has 1 aromatic heterocycles. The molecule has 0 bridgehead atoms. The Hall–Kier alpha value is -1.96. The second-order valence-corrected chi connectivity index (χ2v) is 8.96. The number of aromatic nitrogens is 1. The Balaban J connectivity index is 1.78. The van der Waals surface area contributed by atoms with Gasteiger partial charge in [-0.05, 0) is 89.2 Å². The Labute approximate surface area is 184 Å². The summed E-state index contributed by atoms with van der Waals surface area (Å²) in [7, 11) is 4.13. The van der Waals surface area contributed by atoms with Crippen molar-refractivity contribution in [2.24, 2.45) is 0 Å². The van der Waals surface area contributed by atoms with Crippen molar-refractivity contribution in [1.82, 2.24) is 20.1 Å². The smallest absolute Gasteiger partial charge is 0.253 e. The molecule has 2 aromatic rings. The molecule has 1 saturated heterocycles. The van der Waals surface area contributed by atoms with E-state index in [1.54, 1.807) is 0 Å². The number of benzene rings is 1. The third kappa shape index (κ3) is 6.03. The Bertz CT molecular complexity index is 935. The van der Waals surface area contributed by atoms with Crippen LogP contribution in [0.2, 0.25) is 0 Å². The van der Waals surface area contributed by atoms with E-state index in [4.69, 9.17) is 17.0 Å². The zero-order valence-corrected chi connectivity index (χ0v) is 19.4. The van der Waals surface area contributed by atoms with Gasteiger partial charge >= 0.3 is 0 Å². The topological polar surface area (TPSA) is 60.6 Å². The lowest BCUT2D eigenvalue weighted by Gasteiger charge is -2.28. The van der Waals surface area contributed by atoms with Crippen LogP contribution in [0.3, 0.4) is 0 Å². The molecule has 1 aliphatic rings. The van der Waals surface area contributed by atoms with Crippen LogP contribution in [0.5, 0.6) is 0 Å². The van der Waals surface area contributed by atoms with Crippen LogP contribution in [-0.2, 0) is 11.3 Å². The van der Waals surface area contributed by atoms with E-state index in [1.807, 2.05) is 19.1 Å². The number of thiocarbonyl (C=S) groups is 1. The lowest BCUT2D eigenvalue weighted by Crippen LogP contribution is -2.44.